The van der Waals surface area contributed by atoms with Gasteiger partial charge in [-0.2, -0.15) is 0 Å². The number of aryl methyl sites for hydroxylation is 2. The van der Waals surface area contributed by atoms with Crippen LogP contribution in [-0.2, 0) is 9.59 Å². The second-order valence-corrected chi connectivity index (χ2v) is 18.5. The molecule has 6 aromatic rings. The maximum absolute atomic E-state index is 13.9. The standard InChI is InChI=1S/2C26H30FN5O3/c2*1-16-9-17(27)11-18(10-16)31-26-21-12-24(23(34-2)13-22(21)29-15-30-26)35-20-5-3-19(4-6-20)32-8-7-28-25(33)14-32/h2*9-13,15,19-20H,3-8,14H2,1-2H3,(H,28,33)(H,29,30,31). The van der Waals surface area contributed by atoms with E-state index >= 15 is 0 Å². The molecule has 2 aliphatic heterocycles. The Balaban J connectivity index is 0.000000174. The predicted molar refractivity (Wildman–Crippen MR) is 264 cm³/mol. The zero-order valence-corrected chi connectivity index (χ0v) is 40.0. The third-order valence-electron chi connectivity index (χ3n) is 13.5. The summed E-state index contributed by atoms with van der Waals surface area (Å²) in [6.45, 7) is 7.90. The third kappa shape index (κ3) is 11.7. The Hall–Kier alpha value is -6.92. The molecule has 16 nitrogen and oxygen atoms in total. The van der Waals surface area contributed by atoms with Crippen molar-refractivity contribution in [3.63, 3.8) is 0 Å². The summed E-state index contributed by atoms with van der Waals surface area (Å²) < 4.78 is 51.9. The number of ether oxygens (including phenoxy) is 4. The van der Waals surface area contributed by atoms with Gasteiger partial charge in [0.25, 0.3) is 0 Å². The molecule has 0 radical (unpaired) electrons. The summed E-state index contributed by atoms with van der Waals surface area (Å²) in [5, 5.41) is 13.7. The van der Waals surface area contributed by atoms with Crippen LogP contribution in [0.1, 0.15) is 62.5 Å². The molecule has 0 spiro atoms. The van der Waals surface area contributed by atoms with Gasteiger partial charge < -0.3 is 40.2 Å². The summed E-state index contributed by atoms with van der Waals surface area (Å²) in [6, 6.07) is 17.9. The van der Waals surface area contributed by atoms with Gasteiger partial charge in [-0.1, -0.05) is 0 Å². The molecule has 0 atom stereocenters. The summed E-state index contributed by atoms with van der Waals surface area (Å²) in [6.07, 6.45) is 10.6. The van der Waals surface area contributed by atoms with E-state index in [0.29, 0.717) is 82.2 Å². The average molecular weight is 959 g/mol. The molecule has 368 valence electrons. The smallest absolute Gasteiger partial charge is 0.234 e. The lowest BCUT2D eigenvalue weighted by atomic mass is 9.91. The molecule has 4 aromatic carbocycles. The number of halogens is 2. The van der Waals surface area contributed by atoms with Gasteiger partial charge in [-0.3, -0.25) is 19.4 Å². The highest BCUT2D eigenvalue weighted by Gasteiger charge is 2.32. The number of nitrogens with zero attached hydrogens (tertiary/aromatic N) is 6. The number of hydrogen-bond donors (Lipinski definition) is 4. The molecule has 4 fully saturated rings. The summed E-state index contributed by atoms with van der Waals surface area (Å²) in [4.78, 5) is 45.6. The van der Waals surface area contributed by atoms with E-state index < -0.39 is 0 Å². The van der Waals surface area contributed by atoms with E-state index in [2.05, 4.69) is 51.0 Å². The van der Waals surface area contributed by atoms with Crippen LogP contribution in [-0.4, -0.2) is 119 Å². The van der Waals surface area contributed by atoms with Crippen LogP contribution in [0.25, 0.3) is 21.8 Å². The summed E-state index contributed by atoms with van der Waals surface area (Å²) in [5.41, 5.74) is 4.27. The number of nitrogens with one attached hydrogen (secondary N) is 4. The number of amides is 2. The first-order valence-electron chi connectivity index (χ1n) is 24.1. The van der Waals surface area contributed by atoms with Gasteiger partial charge in [0.1, 0.15) is 35.9 Å². The van der Waals surface area contributed by atoms with Crippen LogP contribution in [0.2, 0.25) is 0 Å². The lowest BCUT2D eigenvalue weighted by molar-refractivity contribution is -0.126. The zero-order valence-electron chi connectivity index (χ0n) is 40.0. The first-order chi connectivity index (χ1) is 34.0. The SMILES string of the molecule is COc1cc2ncnc(Nc3cc(C)cc(F)c3)c2cc1OC1CCC(N2CCNC(=O)C2)CC1.COc1cc2ncnc(Nc3cc(C)cc(F)c3)c2cc1OC1CCC(N2CCNC(=O)C2)CC1. The average Bonchev–Trinajstić information content (AvgIpc) is 3.34. The number of aromatic nitrogens is 4. The Morgan fingerprint density at radius 1 is 0.543 bits per heavy atom. The van der Waals surface area contributed by atoms with Gasteiger partial charge in [-0.25, -0.2) is 28.7 Å². The third-order valence-corrected chi connectivity index (χ3v) is 13.5. The van der Waals surface area contributed by atoms with E-state index in [1.807, 2.05) is 50.2 Å². The van der Waals surface area contributed by atoms with Crippen molar-refractivity contribution >= 4 is 56.6 Å². The van der Waals surface area contributed by atoms with E-state index in [9.17, 15) is 18.4 Å². The first kappa shape index (κ1) is 48.1. The van der Waals surface area contributed by atoms with Crippen LogP contribution < -0.4 is 40.2 Å². The summed E-state index contributed by atoms with van der Waals surface area (Å²) in [5.74, 6) is 3.22. The van der Waals surface area contributed by atoms with Gasteiger partial charge in [0.05, 0.1) is 50.6 Å². The molecule has 0 unspecified atom stereocenters. The van der Waals surface area contributed by atoms with Crippen LogP contribution >= 0.6 is 0 Å². The van der Waals surface area contributed by atoms with E-state index in [-0.39, 0.29) is 35.7 Å². The Bertz CT molecular complexity index is 2610. The minimum Gasteiger partial charge on any atom is -0.493 e. The normalized spacial score (nSPS) is 20.9. The monoisotopic (exact) mass is 958 g/mol. The van der Waals surface area contributed by atoms with Gasteiger partial charge in [0.2, 0.25) is 11.8 Å². The van der Waals surface area contributed by atoms with Crippen molar-refractivity contribution in [2.24, 2.45) is 0 Å². The highest BCUT2D eigenvalue weighted by molar-refractivity contribution is 5.94. The highest BCUT2D eigenvalue weighted by Crippen LogP contribution is 2.39. The van der Waals surface area contributed by atoms with E-state index in [0.717, 1.165) is 99.4 Å². The highest BCUT2D eigenvalue weighted by atomic mass is 19.1. The molecule has 70 heavy (non-hydrogen) atoms. The molecular weight excluding hydrogens is 899 g/mol. The fraction of sp³-hybridized carbons (Fsp3) is 0.423. The Labute approximate surface area is 405 Å². The van der Waals surface area contributed by atoms with Crippen LogP contribution in [0.15, 0.2) is 73.3 Å². The maximum Gasteiger partial charge on any atom is 0.234 e. The number of hydrogen-bond acceptors (Lipinski definition) is 14. The Morgan fingerprint density at radius 2 is 0.957 bits per heavy atom. The fourth-order valence-electron chi connectivity index (χ4n) is 10.1. The molecule has 2 aliphatic carbocycles. The predicted octanol–water partition coefficient (Wildman–Crippen LogP) is 7.90. The first-order valence-corrected chi connectivity index (χ1v) is 24.1. The molecule has 2 saturated heterocycles. The molecular formula is C52H60F2N10O6. The molecule has 10 rings (SSSR count). The number of rotatable bonds is 12. The second-order valence-electron chi connectivity index (χ2n) is 18.5. The van der Waals surface area contributed by atoms with Gasteiger partial charge >= 0.3 is 0 Å². The number of methoxy groups -OCH3 is 2. The van der Waals surface area contributed by atoms with Crippen molar-refractivity contribution in [1.82, 2.24) is 40.4 Å². The van der Waals surface area contributed by atoms with Gasteiger partial charge in [0, 0.05) is 72.5 Å². The zero-order chi connectivity index (χ0) is 48.7. The second kappa shape index (κ2) is 21.8. The molecule has 2 saturated carbocycles. The lowest BCUT2D eigenvalue weighted by Crippen LogP contribution is -2.52. The number of fused-ring (bicyclic) bond motifs is 2. The molecule has 4 N–H and O–H groups in total. The van der Waals surface area contributed by atoms with E-state index in [1.165, 1.54) is 36.9 Å². The van der Waals surface area contributed by atoms with Crippen molar-refractivity contribution in [3.8, 4) is 23.0 Å². The van der Waals surface area contributed by atoms with Crippen LogP contribution in [0, 0.1) is 25.5 Å². The van der Waals surface area contributed by atoms with Crippen molar-refractivity contribution in [3.05, 3.63) is 96.1 Å². The van der Waals surface area contributed by atoms with Gasteiger partial charge in [0.15, 0.2) is 23.0 Å². The maximum atomic E-state index is 13.9. The number of carbonyl (C=O) groups excluding carboxylic acids is 2. The number of benzene rings is 4. The Kier molecular flexibility index (Phi) is 15.0. The van der Waals surface area contributed by atoms with E-state index in [1.54, 1.807) is 14.2 Å². The van der Waals surface area contributed by atoms with Gasteiger partial charge in [-0.05, 0) is 125 Å². The van der Waals surface area contributed by atoms with Crippen molar-refractivity contribution in [2.45, 2.75) is 89.5 Å². The van der Waals surface area contributed by atoms with E-state index in [4.69, 9.17) is 18.9 Å². The Morgan fingerprint density at radius 3 is 1.33 bits per heavy atom. The minimum atomic E-state index is -0.308. The summed E-state index contributed by atoms with van der Waals surface area (Å²) in [7, 11) is 3.23. The number of piperazine rings is 2. The number of carbonyl (C=O) groups is 2. The molecule has 4 aliphatic rings. The minimum absolute atomic E-state index is 0.0584. The van der Waals surface area contributed by atoms with Crippen molar-refractivity contribution in [1.29, 1.82) is 0 Å². The molecule has 2 amide bonds. The van der Waals surface area contributed by atoms with Crippen LogP contribution in [0.3, 0.4) is 0 Å². The fourth-order valence-corrected chi connectivity index (χ4v) is 10.1. The van der Waals surface area contributed by atoms with Crippen molar-refractivity contribution < 1.29 is 37.3 Å². The lowest BCUT2D eigenvalue weighted by Gasteiger charge is -2.38. The topological polar surface area (TPSA) is 177 Å². The molecule has 0 bridgehead atoms. The quantitative estimate of drug-likeness (QED) is 0.0931. The summed E-state index contributed by atoms with van der Waals surface area (Å²) >= 11 is 0. The van der Waals surface area contributed by atoms with Crippen LogP contribution in [0.4, 0.5) is 31.8 Å². The number of anilines is 4. The van der Waals surface area contributed by atoms with Gasteiger partial charge in [-0.15, -0.1) is 0 Å². The molecule has 2 aromatic heterocycles. The molecule has 4 heterocycles. The molecule has 18 heteroatoms. The van der Waals surface area contributed by atoms with Crippen LogP contribution in [0.5, 0.6) is 23.0 Å². The largest absolute Gasteiger partial charge is 0.493 e. The van der Waals surface area contributed by atoms with Crippen molar-refractivity contribution in [2.75, 3.05) is 64.1 Å².